The van der Waals surface area contributed by atoms with E-state index >= 15 is 0 Å². The third-order valence-corrected chi connectivity index (χ3v) is 2.07. The molecule has 0 unspecified atom stereocenters. The average molecular weight is 220 g/mol. The first-order valence-corrected chi connectivity index (χ1v) is 4.87. The third-order valence-electron chi connectivity index (χ3n) is 2.07. The van der Waals surface area contributed by atoms with Crippen molar-refractivity contribution in [1.82, 2.24) is 9.97 Å². The van der Waals surface area contributed by atoms with Crippen LogP contribution in [0.3, 0.4) is 0 Å². The van der Waals surface area contributed by atoms with Gasteiger partial charge in [0.25, 0.3) is 0 Å². The molecule has 1 N–H and O–H groups in total. The molecule has 2 aromatic rings. The second kappa shape index (κ2) is 4.78. The molecule has 0 saturated carbocycles. The molecule has 1 aromatic heterocycles. The molecule has 0 aliphatic carbocycles. The van der Waals surface area contributed by atoms with E-state index in [0.29, 0.717) is 5.82 Å². The molecule has 1 aromatic carbocycles. The topological polar surface area (TPSA) is 61.6 Å². The highest BCUT2D eigenvalue weighted by atomic mass is 15.0. The van der Waals surface area contributed by atoms with Crippen molar-refractivity contribution in [1.29, 1.82) is 5.26 Å². The van der Waals surface area contributed by atoms with E-state index in [9.17, 15) is 0 Å². The van der Waals surface area contributed by atoms with Crippen molar-refractivity contribution in [3.05, 3.63) is 47.9 Å². The van der Waals surface area contributed by atoms with Gasteiger partial charge in [-0.1, -0.05) is 12.0 Å². The van der Waals surface area contributed by atoms with Gasteiger partial charge in [-0.15, -0.1) is 6.42 Å². The smallest absolute Gasteiger partial charge is 0.158 e. The number of hydrogen-bond acceptors (Lipinski definition) is 4. The molecule has 4 nitrogen and oxygen atoms in total. The Labute approximate surface area is 99.0 Å². The summed E-state index contributed by atoms with van der Waals surface area (Å²) in [5.74, 6) is 3.12. The largest absolute Gasteiger partial charge is 0.339 e. The van der Waals surface area contributed by atoms with Gasteiger partial charge in [0.1, 0.15) is 11.9 Å². The van der Waals surface area contributed by atoms with Crippen LogP contribution in [0.4, 0.5) is 11.5 Å². The van der Waals surface area contributed by atoms with Crippen molar-refractivity contribution in [2.24, 2.45) is 0 Å². The second-order valence-corrected chi connectivity index (χ2v) is 3.25. The summed E-state index contributed by atoms with van der Waals surface area (Å²) in [7, 11) is 0. The summed E-state index contributed by atoms with van der Waals surface area (Å²) in [6.07, 6.45) is 8.22. The van der Waals surface area contributed by atoms with Gasteiger partial charge in [0.15, 0.2) is 5.69 Å². The lowest BCUT2D eigenvalue weighted by atomic mass is 10.2. The molecule has 0 amide bonds. The van der Waals surface area contributed by atoms with Crippen LogP contribution in [0.1, 0.15) is 11.3 Å². The lowest BCUT2D eigenvalue weighted by molar-refractivity contribution is 1.16. The summed E-state index contributed by atoms with van der Waals surface area (Å²) in [6.45, 7) is 0. The first-order valence-electron chi connectivity index (χ1n) is 4.87. The van der Waals surface area contributed by atoms with Gasteiger partial charge in [0, 0.05) is 11.3 Å². The van der Waals surface area contributed by atoms with Gasteiger partial charge in [-0.25, -0.2) is 9.97 Å². The van der Waals surface area contributed by atoms with Gasteiger partial charge in [-0.2, -0.15) is 5.26 Å². The Morgan fingerprint density at radius 3 is 2.76 bits per heavy atom. The highest BCUT2D eigenvalue weighted by Crippen LogP contribution is 2.14. The lowest BCUT2D eigenvalue weighted by Gasteiger charge is -2.04. The Bertz CT molecular complexity index is 603. The van der Waals surface area contributed by atoms with E-state index in [0.717, 1.165) is 11.3 Å². The minimum Gasteiger partial charge on any atom is -0.339 e. The fourth-order valence-electron chi connectivity index (χ4n) is 1.28. The predicted molar refractivity (Wildman–Crippen MR) is 64.4 cm³/mol. The Morgan fingerprint density at radius 2 is 2.12 bits per heavy atom. The van der Waals surface area contributed by atoms with Crippen LogP contribution in [0.5, 0.6) is 0 Å². The van der Waals surface area contributed by atoms with Gasteiger partial charge in [-0.3, -0.25) is 0 Å². The van der Waals surface area contributed by atoms with Gasteiger partial charge < -0.3 is 5.32 Å². The molecule has 17 heavy (non-hydrogen) atoms. The molecule has 0 bridgehead atoms. The van der Waals surface area contributed by atoms with Crippen LogP contribution in [0.2, 0.25) is 0 Å². The monoisotopic (exact) mass is 220 g/mol. The van der Waals surface area contributed by atoms with Crippen molar-refractivity contribution in [3.63, 3.8) is 0 Å². The first-order chi connectivity index (χ1) is 8.31. The second-order valence-electron chi connectivity index (χ2n) is 3.25. The van der Waals surface area contributed by atoms with Crippen molar-refractivity contribution >= 4 is 11.5 Å². The summed E-state index contributed by atoms with van der Waals surface area (Å²) >= 11 is 0. The fourth-order valence-corrected chi connectivity index (χ4v) is 1.28. The van der Waals surface area contributed by atoms with Gasteiger partial charge in [0.2, 0.25) is 0 Å². The third kappa shape index (κ3) is 2.58. The van der Waals surface area contributed by atoms with E-state index in [-0.39, 0.29) is 5.69 Å². The maximum atomic E-state index is 8.59. The lowest BCUT2D eigenvalue weighted by Crippen LogP contribution is -1.95. The van der Waals surface area contributed by atoms with E-state index in [2.05, 4.69) is 21.2 Å². The Kier molecular flexibility index (Phi) is 3.00. The molecule has 0 fully saturated rings. The Morgan fingerprint density at radius 1 is 1.24 bits per heavy atom. The summed E-state index contributed by atoms with van der Waals surface area (Å²) in [5.41, 5.74) is 1.91. The zero-order valence-corrected chi connectivity index (χ0v) is 8.88. The van der Waals surface area contributed by atoms with Crippen LogP contribution in [0.15, 0.2) is 36.7 Å². The Hall–Kier alpha value is -2.85. The number of hydrogen-bond donors (Lipinski definition) is 1. The molecule has 1 heterocycles. The number of benzene rings is 1. The zero-order chi connectivity index (χ0) is 12.1. The van der Waals surface area contributed by atoms with Gasteiger partial charge >= 0.3 is 0 Å². The highest BCUT2D eigenvalue weighted by molar-refractivity contribution is 5.58. The van der Waals surface area contributed by atoms with Crippen LogP contribution in [0, 0.1) is 23.7 Å². The summed E-state index contributed by atoms with van der Waals surface area (Å²) < 4.78 is 0. The van der Waals surface area contributed by atoms with Gasteiger partial charge in [0.05, 0.1) is 12.4 Å². The standard InChI is InChI=1S/C13H8N4/c1-2-10-4-3-5-11(6-10)17-13-9-15-12(7-14)8-16-13/h1,3-6,8-9H,(H,16,17). The molecular weight excluding hydrogens is 212 g/mol. The predicted octanol–water partition coefficient (Wildman–Crippen LogP) is 2.07. The average Bonchev–Trinajstić information content (AvgIpc) is 2.40. The SMILES string of the molecule is C#Cc1cccc(Nc2cnc(C#N)cn2)c1. The normalized spacial score (nSPS) is 9.06. The van der Waals surface area contributed by atoms with E-state index in [1.807, 2.05) is 30.3 Å². The van der Waals surface area contributed by atoms with Crippen LogP contribution >= 0.6 is 0 Å². The molecule has 80 valence electrons. The molecule has 0 aliphatic heterocycles. The van der Waals surface area contributed by atoms with Crippen molar-refractivity contribution in [3.8, 4) is 18.4 Å². The molecule has 0 atom stereocenters. The van der Waals surface area contributed by atoms with Crippen molar-refractivity contribution in [2.75, 3.05) is 5.32 Å². The van der Waals surface area contributed by atoms with E-state index in [4.69, 9.17) is 11.7 Å². The number of aromatic nitrogens is 2. The maximum Gasteiger partial charge on any atom is 0.158 e. The van der Waals surface area contributed by atoms with Crippen LogP contribution in [-0.2, 0) is 0 Å². The number of terminal acetylenes is 1. The van der Waals surface area contributed by atoms with Gasteiger partial charge in [-0.05, 0) is 18.2 Å². The zero-order valence-electron chi connectivity index (χ0n) is 8.88. The minimum atomic E-state index is 0.285. The molecule has 0 radical (unpaired) electrons. The summed E-state index contributed by atoms with van der Waals surface area (Å²) in [4.78, 5) is 7.96. The number of nitriles is 1. The van der Waals surface area contributed by atoms with Crippen molar-refractivity contribution < 1.29 is 0 Å². The molecule has 0 aliphatic rings. The summed E-state index contributed by atoms with van der Waals surface area (Å²) in [6, 6.07) is 9.32. The van der Waals surface area contributed by atoms with E-state index < -0.39 is 0 Å². The number of anilines is 2. The van der Waals surface area contributed by atoms with Crippen LogP contribution in [0.25, 0.3) is 0 Å². The van der Waals surface area contributed by atoms with Crippen molar-refractivity contribution in [2.45, 2.75) is 0 Å². The molecule has 0 spiro atoms. The molecule has 2 rings (SSSR count). The van der Waals surface area contributed by atoms with E-state index in [1.54, 1.807) is 0 Å². The van der Waals surface area contributed by atoms with Crippen LogP contribution < -0.4 is 5.32 Å². The molecule has 4 heteroatoms. The molecular formula is C13H8N4. The minimum absolute atomic E-state index is 0.285. The quantitative estimate of drug-likeness (QED) is 0.787. The highest BCUT2D eigenvalue weighted by Gasteiger charge is 1.98. The summed E-state index contributed by atoms with van der Waals surface area (Å²) in [5, 5.41) is 11.6. The number of rotatable bonds is 2. The molecule has 0 saturated heterocycles. The van der Waals surface area contributed by atoms with E-state index in [1.165, 1.54) is 12.4 Å². The van der Waals surface area contributed by atoms with Crippen LogP contribution in [-0.4, -0.2) is 9.97 Å². The first kappa shape index (κ1) is 10.7. The number of nitrogens with one attached hydrogen (secondary N) is 1. The maximum absolute atomic E-state index is 8.59. The Balaban J connectivity index is 2.20. The number of nitrogens with zero attached hydrogens (tertiary/aromatic N) is 3. The fraction of sp³-hybridized carbons (Fsp3) is 0.